The minimum atomic E-state index is -1.26. The highest BCUT2D eigenvalue weighted by Crippen LogP contribution is 2.36. The number of carbonyl (C=O) groups excluding carboxylic acids is 1. The van der Waals surface area contributed by atoms with Crippen LogP contribution in [0.4, 0.5) is 0 Å². The molecule has 3 N–H and O–H groups in total. The molecule has 0 radical (unpaired) electrons. The molecule has 1 atom stereocenters. The minimum absolute atomic E-state index is 0.0446. The van der Waals surface area contributed by atoms with Crippen molar-refractivity contribution in [2.24, 2.45) is 5.92 Å². The SMILES string of the molecule is CC(C)C(=O)Oc1ccc(CO)cc1[C@H](CCN(C(C)C)C(C)C)c1ccccc1.O=C(O)/C=C\C(=O)O. The zero-order valence-electron chi connectivity index (χ0n) is 23.1. The minimum Gasteiger partial charge on any atom is -0.478 e. The fraction of sp³-hybridized carbons (Fsp3) is 0.433. The summed E-state index contributed by atoms with van der Waals surface area (Å²) in [5.74, 6) is -2.32. The summed E-state index contributed by atoms with van der Waals surface area (Å²) in [6.45, 7) is 13.4. The van der Waals surface area contributed by atoms with Gasteiger partial charge in [-0.25, -0.2) is 9.59 Å². The second kappa shape index (κ2) is 16.4. The number of carbonyl (C=O) groups is 3. The molecule has 0 saturated heterocycles. The molecule has 0 heterocycles. The third-order valence-corrected chi connectivity index (χ3v) is 5.89. The Bertz CT molecular complexity index is 1040. The zero-order chi connectivity index (χ0) is 28.8. The van der Waals surface area contributed by atoms with E-state index in [0.717, 1.165) is 24.1 Å². The van der Waals surface area contributed by atoms with E-state index in [0.29, 0.717) is 30.0 Å². The predicted molar refractivity (Wildman–Crippen MR) is 147 cm³/mol. The molecule has 38 heavy (non-hydrogen) atoms. The molecule has 0 saturated carbocycles. The van der Waals surface area contributed by atoms with Crippen molar-refractivity contribution in [3.63, 3.8) is 0 Å². The Morgan fingerprint density at radius 3 is 1.87 bits per heavy atom. The Morgan fingerprint density at radius 2 is 1.42 bits per heavy atom. The van der Waals surface area contributed by atoms with Crippen molar-refractivity contribution in [1.82, 2.24) is 4.90 Å². The van der Waals surface area contributed by atoms with Crippen LogP contribution < -0.4 is 4.74 Å². The number of ether oxygens (including phenoxy) is 1. The second-order valence-corrected chi connectivity index (χ2v) is 9.79. The number of benzene rings is 2. The molecule has 8 heteroatoms. The summed E-state index contributed by atoms with van der Waals surface area (Å²) in [4.78, 5) is 33.9. The predicted octanol–water partition coefficient (Wildman–Crippen LogP) is 5.09. The largest absolute Gasteiger partial charge is 0.478 e. The number of nitrogens with zero attached hydrogens (tertiary/aromatic N) is 1. The summed E-state index contributed by atoms with van der Waals surface area (Å²) in [6, 6.07) is 16.9. The Kier molecular flexibility index (Phi) is 14.0. The number of hydrogen-bond donors (Lipinski definition) is 3. The Hall–Kier alpha value is -3.49. The molecular formula is C30H41NO7. The van der Waals surface area contributed by atoms with Crippen LogP contribution in [0, 0.1) is 5.92 Å². The molecule has 0 amide bonds. The van der Waals surface area contributed by atoms with Crippen molar-refractivity contribution in [2.75, 3.05) is 6.54 Å². The number of aliphatic carboxylic acids is 2. The number of rotatable bonds is 12. The topological polar surface area (TPSA) is 124 Å². The first kappa shape index (κ1) is 32.5. The quantitative estimate of drug-likeness (QED) is 0.198. The van der Waals surface area contributed by atoms with Crippen molar-refractivity contribution < 1.29 is 34.4 Å². The lowest BCUT2D eigenvalue weighted by Crippen LogP contribution is -2.38. The molecular weight excluding hydrogens is 486 g/mol. The lowest BCUT2D eigenvalue weighted by atomic mass is 9.86. The van der Waals surface area contributed by atoms with Crippen LogP contribution in [0.5, 0.6) is 5.75 Å². The van der Waals surface area contributed by atoms with Crippen molar-refractivity contribution in [3.8, 4) is 5.75 Å². The van der Waals surface area contributed by atoms with Gasteiger partial charge in [-0.1, -0.05) is 50.2 Å². The molecule has 0 aliphatic carbocycles. The number of hydrogen-bond acceptors (Lipinski definition) is 6. The van der Waals surface area contributed by atoms with Gasteiger partial charge < -0.3 is 20.1 Å². The van der Waals surface area contributed by atoms with Crippen LogP contribution in [0.2, 0.25) is 0 Å². The van der Waals surface area contributed by atoms with Crippen molar-refractivity contribution in [3.05, 3.63) is 77.4 Å². The molecule has 0 fully saturated rings. The van der Waals surface area contributed by atoms with Crippen LogP contribution in [0.15, 0.2) is 60.7 Å². The van der Waals surface area contributed by atoms with Gasteiger partial charge in [-0.2, -0.15) is 0 Å². The van der Waals surface area contributed by atoms with Crippen molar-refractivity contribution >= 4 is 17.9 Å². The molecule has 0 aliphatic rings. The molecule has 208 valence electrons. The summed E-state index contributed by atoms with van der Waals surface area (Å²) in [6.07, 6.45) is 2.01. The van der Waals surface area contributed by atoms with Crippen LogP contribution in [0.3, 0.4) is 0 Å². The van der Waals surface area contributed by atoms with Gasteiger partial charge in [0.05, 0.1) is 12.5 Å². The monoisotopic (exact) mass is 527 g/mol. The van der Waals surface area contributed by atoms with Crippen LogP contribution in [-0.2, 0) is 21.0 Å². The molecule has 2 rings (SSSR count). The standard InChI is InChI=1S/C26H37NO3.C4H4O4/c1-18(2)26(29)30-25-13-12-21(17-28)16-24(25)23(22-10-8-7-9-11-22)14-15-27(19(3)4)20(5)6;5-3(6)1-2-4(7)8/h7-13,16,18-20,23,28H,14-15,17H2,1-6H3;1-2H,(H,5,6)(H,7,8)/b;2-1-/t23-;/m1./s1. The van der Waals surface area contributed by atoms with Crippen molar-refractivity contribution in [1.29, 1.82) is 0 Å². The van der Waals surface area contributed by atoms with Crippen molar-refractivity contribution in [2.45, 2.75) is 72.6 Å². The van der Waals surface area contributed by atoms with E-state index in [9.17, 15) is 19.5 Å². The summed E-state index contributed by atoms with van der Waals surface area (Å²) in [5, 5.41) is 25.3. The van der Waals surface area contributed by atoms with Crippen LogP contribution >= 0.6 is 0 Å². The smallest absolute Gasteiger partial charge is 0.328 e. The summed E-state index contributed by atoms with van der Waals surface area (Å²) in [7, 11) is 0. The number of aliphatic hydroxyl groups excluding tert-OH is 1. The Balaban J connectivity index is 0.000000781. The lowest BCUT2D eigenvalue weighted by molar-refractivity contribution is -0.138. The molecule has 0 spiro atoms. The Morgan fingerprint density at radius 1 is 0.868 bits per heavy atom. The van der Waals surface area contributed by atoms with Gasteiger partial charge >= 0.3 is 17.9 Å². The average Bonchev–Trinajstić information content (AvgIpc) is 2.86. The fourth-order valence-electron chi connectivity index (χ4n) is 4.01. The highest BCUT2D eigenvalue weighted by Gasteiger charge is 2.23. The van der Waals surface area contributed by atoms with E-state index in [1.165, 1.54) is 5.56 Å². The molecule has 2 aromatic carbocycles. The van der Waals surface area contributed by atoms with E-state index >= 15 is 0 Å². The molecule has 0 aliphatic heterocycles. The number of carboxylic acids is 2. The highest BCUT2D eigenvalue weighted by atomic mass is 16.5. The molecule has 8 nitrogen and oxygen atoms in total. The molecule has 0 unspecified atom stereocenters. The van der Waals surface area contributed by atoms with Gasteiger partial charge in [-0.3, -0.25) is 9.69 Å². The van der Waals surface area contributed by atoms with Gasteiger partial charge in [0.2, 0.25) is 0 Å². The van der Waals surface area contributed by atoms with E-state index in [1.54, 1.807) is 0 Å². The lowest BCUT2D eigenvalue weighted by Gasteiger charge is -2.32. The van der Waals surface area contributed by atoms with E-state index < -0.39 is 11.9 Å². The first-order valence-electron chi connectivity index (χ1n) is 12.8. The maximum atomic E-state index is 12.3. The summed E-state index contributed by atoms with van der Waals surface area (Å²) >= 11 is 0. The maximum absolute atomic E-state index is 12.3. The summed E-state index contributed by atoms with van der Waals surface area (Å²) in [5.41, 5.74) is 2.95. The maximum Gasteiger partial charge on any atom is 0.328 e. The molecule has 2 aromatic rings. The highest BCUT2D eigenvalue weighted by molar-refractivity contribution is 5.89. The third kappa shape index (κ3) is 11.3. The van der Waals surface area contributed by atoms with Gasteiger partial charge in [-0.15, -0.1) is 0 Å². The van der Waals surface area contributed by atoms with E-state index in [1.807, 2.05) is 50.2 Å². The average molecular weight is 528 g/mol. The summed E-state index contributed by atoms with van der Waals surface area (Å²) < 4.78 is 5.78. The van der Waals surface area contributed by atoms with Gasteiger partial charge in [-0.05, 0) is 63.9 Å². The third-order valence-electron chi connectivity index (χ3n) is 5.89. The van der Waals surface area contributed by atoms with E-state index in [4.69, 9.17) is 14.9 Å². The number of esters is 1. The number of carboxylic acid groups (broad SMARTS) is 2. The van der Waals surface area contributed by atoms with Gasteiger partial charge in [0, 0.05) is 35.7 Å². The van der Waals surface area contributed by atoms with Crippen LogP contribution in [-0.4, -0.2) is 56.8 Å². The van der Waals surface area contributed by atoms with E-state index in [2.05, 4.69) is 44.7 Å². The molecule has 0 aromatic heterocycles. The molecule has 0 bridgehead atoms. The second-order valence-electron chi connectivity index (χ2n) is 9.79. The van der Waals surface area contributed by atoms with Gasteiger partial charge in [0.15, 0.2) is 0 Å². The fourth-order valence-corrected chi connectivity index (χ4v) is 4.01. The Labute approximate surface area is 225 Å². The first-order chi connectivity index (χ1) is 17.9. The van der Waals surface area contributed by atoms with Crippen LogP contribution in [0.1, 0.15) is 70.6 Å². The number of aliphatic hydroxyl groups is 1. The van der Waals surface area contributed by atoms with Gasteiger partial charge in [0.1, 0.15) is 5.75 Å². The van der Waals surface area contributed by atoms with Crippen LogP contribution in [0.25, 0.3) is 0 Å². The van der Waals surface area contributed by atoms with E-state index in [-0.39, 0.29) is 24.4 Å². The first-order valence-corrected chi connectivity index (χ1v) is 12.8. The van der Waals surface area contributed by atoms with Gasteiger partial charge in [0.25, 0.3) is 0 Å². The normalized spacial score (nSPS) is 12.1. The zero-order valence-corrected chi connectivity index (χ0v) is 23.1.